The number of aromatic nitrogens is 1. The van der Waals surface area contributed by atoms with Gasteiger partial charge in [-0.25, -0.2) is 0 Å². The highest BCUT2D eigenvalue weighted by Crippen LogP contribution is 2.15. The van der Waals surface area contributed by atoms with Gasteiger partial charge in [0, 0.05) is 23.8 Å². The fourth-order valence-corrected chi connectivity index (χ4v) is 2.13. The van der Waals surface area contributed by atoms with Crippen LogP contribution < -0.4 is 5.32 Å². The first-order valence-corrected chi connectivity index (χ1v) is 5.94. The molecule has 4 heteroatoms. The summed E-state index contributed by atoms with van der Waals surface area (Å²) in [5.41, 5.74) is 0.738. The Balaban J connectivity index is 2.17. The van der Waals surface area contributed by atoms with Crippen molar-refractivity contribution < 1.29 is 4.79 Å². The second-order valence-electron chi connectivity index (χ2n) is 3.66. The van der Waals surface area contributed by atoms with Crippen molar-refractivity contribution in [3.05, 3.63) is 29.4 Å². The highest BCUT2D eigenvalue weighted by atomic mass is 32.1. The molecule has 15 heavy (non-hydrogen) atoms. The smallest absolute Gasteiger partial charge is 0.253 e. The van der Waals surface area contributed by atoms with Crippen LogP contribution in [0.2, 0.25) is 0 Å². The van der Waals surface area contributed by atoms with E-state index in [9.17, 15) is 4.79 Å². The zero-order valence-corrected chi connectivity index (χ0v) is 9.67. The molecular formula is C11H14N2OS. The van der Waals surface area contributed by atoms with E-state index in [1.165, 1.54) is 0 Å². The fraction of sp³-hybridized carbons (Fsp3) is 0.364. The van der Waals surface area contributed by atoms with Gasteiger partial charge in [0.25, 0.3) is 5.91 Å². The van der Waals surface area contributed by atoms with Crippen molar-refractivity contribution in [3.63, 3.8) is 0 Å². The quantitative estimate of drug-likeness (QED) is 0.850. The molecule has 0 aromatic carbocycles. The van der Waals surface area contributed by atoms with Gasteiger partial charge in [0.15, 0.2) is 0 Å². The molecule has 0 aliphatic heterocycles. The number of rotatable bonds is 3. The number of carbonyl (C=O) groups is 1. The summed E-state index contributed by atoms with van der Waals surface area (Å²) in [6, 6.07) is 2.15. The Hall–Kier alpha value is -1.29. The van der Waals surface area contributed by atoms with E-state index < -0.39 is 0 Å². The minimum Gasteiger partial charge on any atom is -0.350 e. The molecule has 0 spiro atoms. The molecule has 3 nitrogen and oxygen atoms in total. The molecule has 0 fully saturated rings. The summed E-state index contributed by atoms with van der Waals surface area (Å²) in [5, 5.41) is 4.95. The van der Waals surface area contributed by atoms with Crippen LogP contribution >= 0.6 is 11.3 Å². The minimum atomic E-state index is 0.0141. The van der Waals surface area contributed by atoms with E-state index in [2.05, 4.69) is 12.2 Å². The molecule has 2 aromatic rings. The molecule has 80 valence electrons. The van der Waals surface area contributed by atoms with E-state index in [0.29, 0.717) is 0 Å². The van der Waals surface area contributed by atoms with Crippen LogP contribution in [-0.2, 0) is 0 Å². The lowest BCUT2D eigenvalue weighted by molar-refractivity contribution is 0.0939. The van der Waals surface area contributed by atoms with Crippen molar-refractivity contribution in [2.75, 3.05) is 0 Å². The predicted molar refractivity (Wildman–Crippen MR) is 62.5 cm³/mol. The Kier molecular flexibility index (Phi) is 2.77. The zero-order chi connectivity index (χ0) is 10.8. The minimum absolute atomic E-state index is 0.0141. The van der Waals surface area contributed by atoms with Crippen LogP contribution in [0, 0.1) is 0 Å². The first-order chi connectivity index (χ1) is 7.20. The second-order valence-corrected chi connectivity index (χ2v) is 4.59. The number of thiazole rings is 1. The van der Waals surface area contributed by atoms with Crippen LogP contribution in [0.25, 0.3) is 4.83 Å². The lowest BCUT2D eigenvalue weighted by Gasteiger charge is -2.09. The number of nitrogens with zero attached hydrogens (tertiary/aromatic N) is 1. The van der Waals surface area contributed by atoms with E-state index >= 15 is 0 Å². The largest absolute Gasteiger partial charge is 0.350 e. The molecule has 0 saturated carbocycles. The molecular weight excluding hydrogens is 208 g/mol. The fourth-order valence-electron chi connectivity index (χ4n) is 1.37. The summed E-state index contributed by atoms with van der Waals surface area (Å²) in [4.78, 5) is 12.9. The van der Waals surface area contributed by atoms with Gasteiger partial charge in [-0.2, -0.15) is 0 Å². The molecule has 0 radical (unpaired) electrons. The summed E-state index contributed by atoms with van der Waals surface area (Å²) >= 11 is 1.63. The monoisotopic (exact) mass is 222 g/mol. The van der Waals surface area contributed by atoms with Gasteiger partial charge in [-0.3, -0.25) is 4.79 Å². The lowest BCUT2D eigenvalue weighted by atomic mass is 10.2. The van der Waals surface area contributed by atoms with Crippen LogP contribution in [0.15, 0.2) is 23.8 Å². The van der Waals surface area contributed by atoms with Crippen molar-refractivity contribution in [3.8, 4) is 0 Å². The second kappa shape index (κ2) is 4.06. The lowest BCUT2D eigenvalue weighted by Crippen LogP contribution is -2.31. The maximum Gasteiger partial charge on any atom is 0.253 e. The van der Waals surface area contributed by atoms with Gasteiger partial charge in [0.1, 0.15) is 0 Å². The van der Waals surface area contributed by atoms with Gasteiger partial charge in [-0.1, -0.05) is 6.92 Å². The Morgan fingerprint density at radius 1 is 1.67 bits per heavy atom. The van der Waals surface area contributed by atoms with Crippen molar-refractivity contribution in [2.45, 2.75) is 26.3 Å². The average Bonchev–Trinajstić information content (AvgIpc) is 2.76. The molecule has 2 heterocycles. The average molecular weight is 222 g/mol. The molecule has 0 aliphatic carbocycles. The van der Waals surface area contributed by atoms with E-state index in [-0.39, 0.29) is 11.9 Å². The maximum atomic E-state index is 11.8. The predicted octanol–water partition coefficient (Wildman–Crippen LogP) is 2.53. The Labute approximate surface area is 92.7 Å². The first-order valence-electron chi connectivity index (χ1n) is 5.06. The standard InChI is InChI=1S/C11H14N2OS/c1-3-8(2)12-11(14)9-6-10-13(7-9)4-5-15-10/h4-8H,3H2,1-2H3,(H,12,14). The Morgan fingerprint density at radius 2 is 2.47 bits per heavy atom. The summed E-state index contributed by atoms with van der Waals surface area (Å²) in [7, 11) is 0. The van der Waals surface area contributed by atoms with Gasteiger partial charge in [-0.05, 0) is 19.4 Å². The van der Waals surface area contributed by atoms with E-state index in [1.807, 2.05) is 35.2 Å². The molecule has 2 rings (SSSR count). The third-order valence-electron chi connectivity index (χ3n) is 2.47. The molecule has 0 aliphatic rings. The number of hydrogen-bond donors (Lipinski definition) is 1. The number of hydrogen-bond acceptors (Lipinski definition) is 2. The SMILES string of the molecule is CCC(C)NC(=O)c1cc2sccn2c1. The van der Waals surface area contributed by atoms with Crippen LogP contribution in [0.1, 0.15) is 30.6 Å². The normalized spacial score (nSPS) is 12.9. The third kappa shape index (κ3) is 2.04. The van der Waals surface area contributed by atoms with Crippen molar-refractivity contribution in [2.24, 2.45) is 0 Å². The molecule has 0 bridgehead atoms. The van der Waals surface area contributed by atoms with Gasteiger partial charge in [-0.15, -0.1) is 11.3 Å². The maximum absolute atomic E-state index is 11.8. The number of carbonyl (C=O) groups excluding carboxylic acids is 1. The van der Waals surface area contributed by atoms with E-state index in [0.717, 1.165) is 16.8 Å². The topological polar surface area (TPSA) is 33.5 Å². The molecule has 1 N–H and O–H groups in total. The summed E-state index contributed by atoms with van der Waals surface area (Å²) in [6.07, 6.45) is 4.78. The molecule has 2 aromatic heterocycles. The van der Waals surface area contributed by atoms with Crippen LogP contribution in [0.5, 0.6) is 0 Å². The summed E-state index contributed by atoms with van der Waals surface area (Å²) in [6.45, 7) is 4.07. The van der Waals surface area contributed by atoms with Crippen molar-refractivity contribution >= 4 is 22.1 Å². The van der Waals surface area contributed by atoms with Gasteiger partial charge < -0.3 is 9.72 Å². The Bertz CT molecular complexity index is 443. The molecule has 1 atom stereocenters. The van der Waals surface area contributed by atoms with E-state index in [1.54, 1.807) is 11.3 Å². The van der Waals surface area contributed by atoms with Crippen molar-refractivity contribution in [1.82, 2.24) is 9.72 Å². The Morgan fingerprint density at radius 3 is 3.13 bits per heavy atom. The van der Waals surface area contributed by atoms with Gasteiger partial charge in [0.2, 0.25) is 0 Å². The number of nitrogens with one attached hydrogen (secondary N) is 1. The van der Waals surface area contributed by atoms with Crippen LogP contribution in [-0.4, -0.2) is 16.3 Å². The number of amides is 1. The molecule has 1 unspecified atom stereocenters. The highest BCUT2D eigenvalue weighted by molar-refractivity contribution is 7.15. The number of fused-ring (bicyclic) bond motifs is 1. The van der Waals surface area contributed by atoms with Crippen LogP contribution in [0.3, 0.4) is 0 Å². The van der Waals surface area contributed by atoms with Crippen molar-refractivity contribution in [1.29, 1.82) is 0 Å². The van der Waals surface area contributed by atoms with E-state index in [4.69, 9.17) is 0 Å². The van der Waals surface area contributed by atoms with Crippen LogP contribution in [0.4, 0.5) is 0 Å². The van der Waals surface area contributed by atoms with Gasteiger partial charge >= 0.3 is 0 Å². The third-order valence-corrected chi connectivity index (χ3v) is 3.30. The summed E-state index contributed by atoms with van der Waals surface area (Å²) in [5.74, 6) is 0.0141. The zero-order valence-electron chi connectivity index (χ0n) is 8.86. The summed E-state index contributed by atoms with van der Waals surface area (Å²) < 4.78 is 1.97. The molecule has 1 amide bonds. The first kappa shape index (κ1) is 10.2. The van der Waals surface area contributed by atoms with Gasteiger partial charge in [0.05, 0.1) is 10.4 Å². The molecule has 0 saturated heterocycles. The highest BCUT2D eigenvalue weighted by Gasteiger charge is 2.10.